The minimum atomic E-state index is -0.265. The Morgan fingerprint density at radius 2 is 2.00 bits per heavy atom. The maximum atomic E-state index is 12.3. The predicted molar refractivity (Wildman–Crippen MR) is 123 cm³/mol. The van der Waals surface area contributed by atoms with Gasteiger partial charge in [0, 0.05) is 25.0 Å². The van der Waals surface area contributed by atoms with E-state index in [1.807, 2.05) is 44.2 Å². The normalized spacial score (nSPS) is 10.8. The van der Waals surface area contributed by atoms with E-state index in [2.05, 4.69) is 30.6 Å². The number of nitrogens with one attached hydrogen (secondary N) is 2. The van der Waals surface area contributed by atoms with Gasteiger partial charge < -0.3 is 20.1 Å². The number of thiazole rings is 1. The largest absolute Gasteiger partial charge is 0.455 e. The van der Waals surface area contributed by atoms with Gasteiger partial charge in [0.1, 0.15) is 28.2 Å². The Morgan fingerprint density at radius 3 is 2.75 bits per heavy atom. The second-order valence-corrected chi connectivity index (χ2v) is 7.96. The van der Waals surface area contributed by atoms with Crippen molar-refractivity contribution in [3.8, 4) is 11.5 Å². The number of carbonyl (C=O) groups excluding carboxylic acids is 1. The lowest BCUT2D eigenvalue weighted by Gasteiger charge is -2.11. The highest BCUT2D eigenvalue weighted by atomic mass is 32.1. The van der Waals surface area contributed by atoms with Gasteiger partial charge >= 0.3 is 0 Å². The van der Waals surface area contributed by atoms with E-state index in [0.29, 0.717) is 40.1 Å². The summed E-state index contributed by atoms with van der Waals surface area (Å²) in [4.78, 5) is 30.2. The first-order valence-corrected chi connectivity index (χ1v) is 10.7. The van der Waals surface area contributed by atoms with Gasteiger partial charge in [-0.25, -0.2) is 15.0 Å². The predicted octanol–water partition coefficient (Wildman–Crippen LogP) is 4.01. The van der Waals surface area contributed by atoms with E-state index < -0.39 is 0 Å². The Kier molecular flexibility index (Phi) is 6.52. The summed E-state index contributed by atoms with van der Waals surface area (Å²) in [6.45, 7) is 4.73. The number of rotatable bonds is 8. The Balaban J connectivity index is 1.52. The molecule has 0 aliphatic heterocycles. The molecule has 0 bridgehead atoms. The summed E-state index contributed by atoms with van der Waals surface area (Å²) < 4.78 is 10.9. The van der Waals surface area contributed by atoms with Crippen LogP contribution in [0.1, 0.15) is 21.1 Å². The van der Waals surface area contributed by atoms with Gasteiger partial charge in [0.15, 0.2) is 10.8 Å². The molecule has 0 atom stereocenters. The molecule has 0 radical (unpaired) electrons. The Hall–Kier alpha value is -3.63. The van der Waals surface area contributed by atoms with Crippen LogP contribution in [0.15, 0.2) is 42.9 Å². The highest BCUT2D eigenvalue weighted by Gasteiger charge is 2.16. The number of carbonyl (C=O) groups is 1. The number of hydrogen-bond donors (Lipinski definition) is 2. The molecule has 164 valence electrons. The number of benzene rings is 1. The molecular weight excluding hydrogens is 428 g/mol. The molecule has 0 saturated heterocycles. The van der Waals surface area contributed by atoms with E-state index in [4.69, 9.17) is 9.47 Å². The molecule has 10 heteroatoms. The van der Waals surface area contributed by atoms with Gasteiger partial charge in [-0.1, -0.05) is 11.3 Å². The number of aromatic nitrogens is 4. The second kappa shape index (κ2) is 9.67. The summed E-state index contributed by atoms with van der Waals surface area (Å²) in [7, 11) is 1.58. The zero-order valence-corrected chi connectivity index (χ0v) is 18.7. The van der Waals surface area contributed by atoms with Gasteiger partial charge in [-0.15, -0.1) is 0 Å². The SMILES string of the molecule is COCCNC(=O)c1nc2c(Nc3ccc(Oc4ccc(C)nc4)c(C)c3)ncnc2s1. The molecule has 0 saturated carbocycles. The van der Waals surface area contributed by atoms with Crippen molar-refractivity contribution in [1.82, 2.24) is 25.3 Å². The van der Waals surface area contributed by atoms with E-state index in [-0.39, 0.29) is 5.91 Å². The molecule has 3 aromatic heterocycles. The van der Waals surface area contributed by atoms with E-state index in [1.54, 1.807) is 13.3 Å². The average Bonchev–Trinajstić information content (AvgIpc) is 3.23. The summed E-state index contributed by atoms with van der Waals surface area (Å²) in [5.74, 6) is 1.67. The van der Waals surface area contributed by atoms with Gasteiger partial charge in [0.2, 0.25) is 0 Å². The van der Waals surface area contributed by atoms with E-state index >= 15 is 0 Å². The molecule has 0 fully saturated rings. The molecule has 4 rings (SSSR count). The highest BCUT2D eigenvalue weighted by Crippen LogP contribution is 2.30. The highest BCUT2D eigenvalue weighted by molar-refractivity contribution is 7.19. The first kappa shape index (κ1) is 21.6. The van der Waals surface area contributed by atoms with Crippen LogP contribution in [0, 0.1) is 13.8 Å². The van der Waals surface area contributed by atoms with Crippen LogP contribution >= 0.6 is 11.3 Å². The molecule has 3 heterocycles. The number of aryl methyl sites for hydroxylation is 2. The molecule has 1 aromatic carbocycles. The second-order valence-electron chi connectivity index (χ2n) is 6.99. The summed E-state index contributed by atoms with van der Waals surface area (Å²) in [6.07, 6.45) is 3.15. The van der Waals surface area contributed by atoms with Gasteiger partial charge in [-0.3, -0.25) is 9.78 Å². The summed E-state index contributed by atoms with van der Waals surface area (Å²) in [5.41, 5.74) is 3.23. The number of amides is 1. The van der Waals surface area contributed by atoms with Crippen molar-refractivity contribution in [2.24, 2.45) is 0 Å². The first-order valence-electron chi connectivity index (χ1n) is 9.90. The molecule has 0 unspecified atom stereocenters. The Bertz CT molecular complexity index is 1240. The lowest BCUT2D eigenvalue weighted by atomic mass is 10.2. The van der Waals surface area contributed by atoms with Crippen LogP contribution in [0.25, 0.3) is 10.3 Å². The van der Waals surface area contributed by atoms with Crippen LogP contribution in [-0.4, -0.2) is 46.1 Å². The van der Waals surface area contributed by atoms with E-state index in [1.165, 1.54) is 17.7 Å². The number of nitrogens with zero attached hydrogens (tertiary/aromatic N) is 4. The maximum Gasteiger partial charge on any atom is 0.280 e. The van der Waals surface area contributed by atoms with Crippen molar-refractivity contribution in [3.63, 3.8) is 0 Å². The maximum absolute atomic E-state index is 12.3. The number of hydrogen-bond acceptors (Lipinski definition) is 9. The minimum absolute atomic E-state index is 0.265. The van der Waals surface area contributed by atoms with E-state index in [0.717, 1.165) is 22.7 Å². The minimum Gasteiger partial charge on any atom is -0.455 e. The van der Waals surface area contributed by atoms with Crippen LogP contribution in [0.4, 0.5) is 11.5 Å². The monoisotopic (exact) mass is 450 g/mol. The lowest BCUT2D eigenvalue weighted by molar-refractivity contribution is 0.0937. The van der Waals surface area contributed by atoms with Crippen molar-refractivity contribution in [2.45, 2.75) is 13.8 Å². The standard InChI is InChI=1S/C22H22N6O3S/c1-13-10-15(5-7-17(13)31-16-6-4-14(2)24-11-16)27-19-18-21(26-12-25-19)32-22(28-18)20(29)23-8-9-30-3/h4-7,10-12H,8-9H2,1-3H3,(H,23,29)(H,25,26,27). The smallest absolute Gasteiger partial charge is 0.280 e. The zero-order chi connectivity index (χ0) is 22.5. The van der Waals surface area contributed by atoms with Crippen LogP contribution in [0.3, 0.4) is 0 Å². The van der Waals surface area contributed by atoms with Gasteiger partial charge in [0.25, 0.3) is 5.91 Å². The summed E-state index contributed by atoms with van der Waals surface area (Å²) in [6, 6.07) is 9.52. The Labute approximate surface area is 188 Å². The fourth-order valence-corrected chi connectivity index (χ4v) is 3.73. The fourth-order valence-electron chi connectivity index (χ4n) is 2.90. The third kappa shape index (κ3) is 4.98. The Morgan fingerprint density at radius 1 is 1.12 bits per heavy atom. The molecule has 2 N–H and O–H groups in total. The average molecular weight is 451 g/mol. The molecule has 9 nitrogen and oxygen atoms in total. The molecule has 0 aliphatic carbocycles. The number of methoxy groups -OCH3 is 1. The van der Waals surface area contributed by atoms with Crippen molar-refractivity contribution < 1.29 is 14.3 Å². The molecule has 1 amide bonds. The van der Waals surface area contributed by atoms with Crippen molar-refractivity contribution in [1.29, 1.82) is 0 Å². The summed E-state index contributed by atoms with van der Waals surface area (Å²) in [5, 5.41) is 6.35. The molecule has 4 aromatic rings. The first-order chi connectivity index (χ1) is 15.5. The fraction of sp³-hybridized carbons (Fsp3) is 0.227. The molecule has 0 aliphatic rings. The number of pyridine rings is 1. The number of anilines is 2. The topological polar surface area (TPSA) is 111 Å². The third-order valence-corrected chi connectivity index (χ3v) is 5.49. The molecular formula is C22H22N6O3S. The molecule has 32 heavy (non-hydrogen) atoms. The van der Waals surface area contributed by atoms with Crippen LogP contribution in [0.2, 0.25) is 0 Å². The van der Waals surface area contributed by atoms with Crippen LogP contribution in [0.5, 0.6) is 11.5 Å². The van der Waals surface area contributed by atoms with E-state index in [9.17, 15) is 4.79 Å². The van der Waals surface area contributed by atoms with Gasteiger partial charge in [-0.2, -0.15) is 0 Å². The van der Waals surface area contributed by atoms with Crippen LogP contribution in [-0.2, 0) is 4.74 Å². The van der Waals surface area contributed by atoms with Crippen molar-refractivity contribution in [3.05, 3.63) is 59.1 Å². The zero-order valence-electron chi connectivity index (χ0n) is 17.9. The van der Waals surface area contributed by atoms with Crippen LogP contribution < -0.4 is 15.4 Å². The molecule has 0 spiro atoms. The number of ether oxygens (including phenoxy) is 2. The van der Waals surface area contributed by atoms with Gasteiger partial charge in [0.05, 0.1) is 12.8 Å². The van der Waals surface area contributed by atoms with Crippen molar-refractivity contribution >= 4 is 39.1 Å². The quantitative estimate of drug-likeness (QED) is 0.387. The van der Waals surface area contributed by atoms with Gasteiger partial charge in [-0.05, 0) is 49.7 Å². The summed E-state index contributed by atoms with van der Waals surface area (Å²) >= 11 is 1.21. The van der Waals surface area contributed by atoms with Crippen molar-refractivity contribution in [2.75, 3.05) is 25.6 Å². The number of fused-ring (bicyclic) bond motifs is 1. The third-order valence-electron chi connectivity index (χ3n) is 4.53. The lowest BCUT2D eigenvalue weighted by Crippen LogP contribution is -2.26.